The lowest BCUT2D eigenvalue weighted by Gasteiger charge is -2.16. The molecule has 2 N–H and O–H groups in total. The Labute approximate surface area is 113 Å². The van der Waals surface area contributed by atoms with E-state index in [0.717, 1.165) is 5.56 Å². The zero-order valence-corrected chi connectivity index (χ0v) is 11.4. The normalized spacial score (nSPS) is 22.9. The second-order valence-corrected chi connectivity index (χ2v) is 5.38. The molecular weight excluding hydrogens is 270 g/mol. The molecule has 1 aliphatic heterocycles. The number of hydrogen-bond donors (Lipinski definition) is 2. The third-order valence-corrected chi connectivity index (χ3v) is 3.03. The molecule has 1 fully saturated rings. The number of carbonyl (C=O) groups is 1. The summed E-state index contributed by atoms with van der Waals surface area (Å²) in [4.78, 5) is 11.6. The number of rotatable bonds is 4. The van der Waals surface area contributed by atoms with Gasteiger partial charge in [-0.25, -0.2) is 0 Å². The van der Waals surface area contributed by atoms with Crippen LogP contribution in [0.4, 0.5) is 0 Å². The Morgan fingerprint density at radius 3 is 2.53 bits per heavy atom. The summed E-state index contributed by atoms with van der Waals surface area (Å²) in [7, 11) is 0. The van der Waals surface area contributed by atoms with Crippen molar-refractivity contribution in [1.82, 2.24) is 5.32 Å². The van der Waals surface area contributed by atoms with Gasteiger partial charge in [0.05, 0.1) is 0 Å². The van der Waals surface area contributed by atoms with Crippen LogP contribution in [0.5, 0.6) is 5.75 Å². The van der Waals surface area contributed by atoms with Crippen molar-refractivity contribution in [3.8, 4) is 5.75 Å². The van der Waals surface area contributed by atoms with E-state index < -0.39 is 17.1 Å². The molecule has 19 heavy (non-hydrogen) atoms. The van der Waals surface area contributed by atoms with Crippen molar-refractivity contribution < 1.29 is 22.5 Å². The summed E-state index contributed by atoms with van der Waals surface area (Å²) in [5.41, 5.74) is 0.265. The van der Waals surface area contributed by atoms with Gasteiger partial charge in [0.2, 0.25) is 0 Å². The van der Waals surface area contributed by atoms with Crippen LogP contribution in [0.25, 0.3) is 0 Å². The molecule has 0 aromatic heterocycles. The molecule has 0 amide bonds. The van der Waals surface area contributed by atoms with Crippen molar-refractivity contribution in [3.63, 3.8) is 0 Å². The van der Waals surface area contributed by atoms with Crippen LogP contribution < -0.4 is 9.50 Å². The molecule has 2 rings (SSSR count). The van der Waals surface area contributed by atoms with Gasteiger partial charge in [0, 0.05) is 0 Å². The van der Waals surface area contributed by atoms with Gasteiger partial charge in [-0.2, -0.15) is 4.21 Å². The van der Waals surface area contributed by atoms with Crippen molar-refractivity contribution in [1.29, 1.82) is 0 Å². The first kappa shape index (κ1) is 14.0. The molecule has 0 saturated carbocycles. The number of benzene rings is 1. The Kier molecular flexibility index (Phi) is 3.88. The summed E-state index contributed by atoms with van der Waals surface area (Å²) in [6.07, 6.45) is 0.491. The molecule has 1 aromatic carbocycles. The summed E-state index contributed by atoms with van der Waals surface area (Å²) in [6.45, 7) is 3.58. The lowest BCUT2D eigenvalue weighted by molar-refractivity contribution is -0.147. The Morgan fingerprint density at radius 1 is 1.42 bits per heavy atom. The topological polar surface area (TPSA) is 84.9 Å². The summed E-state index contributed by atoms with van der Waals surface area (Å²) in [5.74, 6) is 0.0219. The van der Waals surface area contributed by atoms with Crippen LogP contribution in [0.15, 0.2) is 24.3 Å². The molecule has 6 nitrogen and oxygen atoms in total. The highest BCUT2D eigenvalue weighted by atomic mass is 32.2. The summed E-state index contributed by atoms with van der Waals surface area (Å²) in [5, 5.41) is 3.08. The Balaban J connectivity index is 2.00. The minimum atomic E-state index is -2.33. The molecule has 2 atom stereocenters. The highest BCUT2D eigenvalue weighted by Gasteiger charge is 2.38. The van der Waals surface area contributed by atoms with E-state index in [2.05, 4.69) is 9.50 Å². The number of esters is 1. The second-order valence-electron chi connectivity index (χ2n) is 4.78. The number of cyclic esters (lactones) is 1. The van der Waals surface area contributed by atoms with E-state index in [1.54, 1.807) is 38.1 Å². The standard InChI is InChI=1S/C12H15NO5S/c1-12(2)13-10(11(14)17-12)7-8-3-5-9(6-4-8)18-19(15)16/h3-6,10,13H,7H2,1-2H3,(H,15,16). The number of ether oxygens (including phenoxy) is 1. The first-order chi connectivity index (χ1) is 8.85. The minimum Gasteiger partial charge on any atom is -0.443 e. The fourth-order valence-electron chi connectivity index (χ4n) is 1.96. The zero-order chi connectivity index (χ0) is 14.0. The fourth-order valence-corrected chi connectivity index (χ4v) is 2.24. The third kappa shape index (κ3) is 3.76. The second kappa shape index (κ2) is 5.28. The van der Waals surface area contributed by atoms with Crippen molar-refractivity contribution >= 4 is 17.3 Å². The predicted molar refractivity (Wildman–Crippen MR) is 68.6 cm³/mol. The van der Waals surface area contributed by atoms with Crippen molar-refractivity contribution in [3.05, 3.63) is 29.8 Å². The average Bonchev–Trinajstić information content (AvgIpc) is 2.54. The predicted octanol–water partition coefficient (Wildman–Crippen LogP) is 0.996. The monoisotopic (exact) mass is 285 g/mol. The largest absolute Gasteiger partial charge is 0.443 e. The Bertz CT molecular complexity index is 499. The van der Waals surface area contributed by atoms with E-state index in [9.17, 15) is 9.00 Å². The SMILES string of the molecule is CC1(C)NC(Cc2ccc(OS(=O)O)cc2)C(=O)O1. The lowest BCUT2D eigenvalue weighted by atomic mass is 10.1. The summed E-state index contributed by atoms with van der Waals surface area (Å²) < 4.78 is 28.8. The number of nitrogens with one attached hydrogen (secondary N) is 1. The molecule has 0 bridgehead atoms. The maximum atomic E-state index is 11.6. The van der Waals surface area contributed by atoms with Gasteiger partial charge in [0.25, 0.3) is 0 Å². The number of carbonyl (C=O) groups excluding carboxylic acids is 1. The molecule has 1 saturated heterocycles. The summed E-state index contributed by atoms with van der Waals surface area (Å²) >= 11 is -2.33. The van der Waals surface area contributed by atoms with Gasteiger partial charge < -0.3 is 8.92 Å². The van der Waals surface area contributed by atoms with E-state index >= 15 is 0 Å². The van der Waals surface area contributed by atoms with E-state index in [1.165, 1.54) is 0 Å². The minimum absolute atomic E-state index is 0.276. The van der Waals surface area contributed by atoms with Crippen LogP contribution in [0.3, 0.4) is 0 Å². The van der Waals surface area contributed by atoms with Crippen LogP contribution in [-0.4, -0.2) is 26.5 Å². The van der Waals surface area contributed by atoms with Crippen LogP contribution in [-0.2, 0) is 27.3 Å². The summed E-state index contributed by atoms with van der Waals surface area (Å²) in [6, 6.07) is 6.25. The average molecular weight is 285 g/mol. The molecular formula is C12H15NO5S. The van der Waals surface area contributed by atoms with Crippen LogP contribution in [0, 0.1) is 0 Å². The highest BCUT2D eigenvalue weighted by Crippen LogP contribution is 2.20. The van der Waals surface area contributed by atoms with Gasteiger partial charge in [-0.05, 0) is 38.0 Å². The van der Waals surface area contributed by atoms with Crippen LogP contribution in [0.2, 0.25) is 0 Å². The molecule has 0 aliphatic carbocycles. The van der Waals surface area contributed by atoms with E-state index in [0.29, 0.717) is 12.2 Å². The van der Waals surface area contributed by atoms with Gasteiger partial charge in [-0.1, -0.05) is 12.1 Å². The lowest BCUT2D eigenvalue weighted by Crippen LogP contribution is -2.39. The fraction of sp³-hybridized carbons (Fsp3) is 0.417. The van der Waals surface area contributed by atoms with E-state index in [-0.39, 0.29) is 12.0 Å². The Morgan fingerprint density at radius 2 is 2.05 bits per heavy atom. The quantitative estimate of drug-likeness (QED) is 0.634. The van der Waals surface area contributed by atoms with E-state index in [1.807, 2.05) is 0 Å². The van der Waals surface area contributed by atoms with Crippen molar-refractivity contribution in [2.24, 2.45) is 0 Å². The van der Waals surface area contributed by atoms with Gasteiger partial charge in [0.15, 0.2) is 5.72 Å². The van der Waals surface area contributed by atoms with Gasteiger partial charge in [0.1, 0.15) is 11.8 Å². The van der Waals surface area contributed by atoms with E-state index in [4.69, 9.17) is 9.29 Å². The smallest absolute Gasteiger partial charge is 0.357 e. The first-order valence-corrected chi connectivity index (χ1v) is 6.77. The molecule has 7 heteroatoms. The Hall–Kier alpha value is -1.44. The molecule has 0 spiro atoms. The van der Waals surface area contributed by atoms with Crippen molar-refractivity contribution in [2.45, 2.75) is 32.0 Å². The third-order valence-electron chi connectivity index (χ3n) is 2.69. The first-order valence-electron chi connectivity index (χ1n) is 5.74. The van der Waals surface area contributed by atoms with Gasteiger partial charge in [-0.15, -0.1) is 0 Å². The zero-order valence-electron chi connectivity index (χ0n) is 10.6. The maximum Gasteiger partial charge on any atom is 0.357 e. The molecule has 0 radical (unpaired) electrons. The maximum absolute atomic E-state index is 11.6. The molecule has 1 aromatic rings. The molecule has 1 heterocycles. The van der Waals surface area contributed by atoms with Crippen LogP contribution in [0.1, 0.15) is 19.4 Å². The highest BCUT2D eigenvalue weighted by molar-refractivity contribution is 7.74. The molecule has 104 valence electrons. The molecule has 1 aliphatic rings. The van der Waals surface area contributed by atoms with Crippen LogP contribution >= 0.6 is 0 Å². The van der Waals surface area contributed by atoms with Crippen molar-refractivity contribution in [2.75, 3.05) is 0 Å². The van der Waals surface area contributed by atoms with Gasteiger partial charge in [-0.3, -0.25) is 14.7 Å². The number of hydrogen-bond acceptors (Lipinski definition) is 5. The van der Waals surface area contributed by atoms with Gasteiger partial charge >= 0.3 is 17.3 Å². The molecule has 2 unspecified atom stereocenters.